The molecular formula is C17H26ClN3O3. The fourth-order valence-corrected chi connectivity index (χ4v) is 1.99. The molecule has 7 heteroatoms. The Balaban J connectivity index is 2.17. The van der Waals surface area contributed by atoms with E-state index in [1.54, 1.807) is 36.2 Å². The Morgan fingerprint density at radius 2 is 1.92 bits per heavy atom. The number of amides is 3. The lowest BCUT2D eigenvalue weighted by atomic mass is 10.1. The highest BCUT2D eigenvalue weighted by Gasteiger charge is 2.10. The number of benzene rings is 1. The normalized spacial score (nSPS) is 10.8. The summed E-state index contributed by atoms with van der Waals surface area (Å²) in [6, 6.07) is 6.64. The van der Waals surface area contributed by atoms with Gasteiger partial charge in [-0.15, -0.1) is 0 Å². The third kappa shape index (κ3) is 9.37. The molecule has 0 unspecified atom stereocenters. The second kappa shape index (κ2) is 10.9. The molecular weight excluding hydrogens is 330 g/mol. The molecule has 1 aromatic rings. The summed E-state index contributed by atoms with van der Waals surface area (Å²) >= 11 is 5.80. The van der Waals surface area contributed by atoms with Crippen LogP contribution in [0, 0.1) is 5.92 Å². The summed E-state index contributed by atoms with van der Waals surface area (Å²) in [6.45, 7) is 5.83. The van der Waals surface area contributed by atoms with Crippen molar-refractivity contribution in [3.63, 3.8) is 0 Å². The van der Waals surface area contributed by atoms with E-state index < -0.39 is 6.03 Å². The number of nitrogens with zero attached hydrogens (tertiary/aromatic N) is 1. The Hall–Kier alpha value is -1.79. The van der Waals surface area contributed by atoms with Gasteiger partial charge >= 0.3 is 6.03 Å². The largest absolute Gasteiger partial charge is 0.492 e. The van der Waals surface area contributed by atoms with E-state index in [4.69, 9.17) is 16.3 Å². The summed E-state index contributed by atoms with van der Waals surface area (Å²) < 4.78 is 5.56. The van der Waals surface area contributed by atoms with E-state index in [-0.39, 0.29) is 12.5 Å². The quantitative estimate of drug-likeness (QED) is 0.714. The number of likely N-dealkylation sites (N-methyl/N-ethyl adjacent to an activating group) is 1. The predicted octanol–water partition coefficient (Wildman–Crippen LogP) is 2.52. The summed E-state index contributed by atoms with van der Waals surface area (Å²) in [6.07, 6.45) is 0.879. The van der Waals surface area contributed by atoms with Crippen LogP contribution in [0.5, 0.6) is 5.75 Å². The smallest absolute Gasteiger partial charge is 0.321 e. The maximum Gasteiger partial charge on any atom is 0.321 e. The summed E-state index contributed by atoms with van der Waals surface area (Å²) in [5.74, 6) is 0.889. The zero-order valence-corrected chi connectivity index (χ0v) is 15.2. The van der Waals surface area contributed by atoms with Gasteiger partial charge in [-0.25, -0.2) is 4.79 Å². The molecule has 1 aromatic carbocycles. The number of carbonyl (C=O) groups excluding carboxylic acids is 2. The van der Waals surface area contributed by atoms with Crippen LogP contribution in [0.2, 0.25) is 5.02 Å². The monoisotopic (exact) mass is 355 g/mol. The third-order valence-corrected chi connectivity index (χ3v) is 3.48. The molecule has 0 saturated heterocycles. The van der Waals surface area contributed by atoms with Gasteiger partial charge in [0, 0.05) is 18.1 Å². The van der Waals surface area contributed by atoms with Crippen molar-refractivity contribution >= 4 is 23.5 Å². The van der Waals surface area contributed by atoms with Crippen LogP contribution in [0.25, 0.3) is 0 Å². The molecule has 0 radical (unpaired) electrons. The Morgan fingerprint density at radius 3 is 2.54 bits per heavy atom. The van der Waals surface area contributed by atoms with E-state index in [1.807, 2.05) is 0 Å². The van der Waals surface area contributed by atoms with E-state index in [0.29, 0.717) is 30.6 Å². The van der Waals surface area contributed by atoms with Crippen LogP contribution >= 0.6 is 11.6 Å². The maximum absolute atomic E-state index is 11.8. The number of carbonyl (C=O) groups is 2. The first-order valence-electron chi connectivity index (χ1n) is 8.01. The molecule has 0 bridgehead atoms. The van der Waals surface area contributed by atoms with E-state index >= 15 is 0 Å². The third-order valence-electron chi connectivity index (χ3n) is 3.23. The lowest BCUT2D eigenvalue weighted by Gasteiger charge is -2.16. The number of urea groups is 1. The lowest BCUT2D eigenvalue weighted by molar-refractivity contribution is -0.120. The van der Waals surface area contributed by atoms with E-state index in [1.165, 1.54) is 0 Å². The second-order valence-corrected chi connectivity index (χ2v) is 6.46. The van der Waals surface area contributed by atoms with Gasteiger partial charge in [-0.05, 0) is 43.7 Å². The molecule has 24 heavy (non-hydrogen) atoms. The average molecular weight is 356 g/mol. The second-order valence-electron chi connectivity index (χ2n) is 6.03. The van der Waals surface area contributed by atoms with Crippen molar-refractivity contribution in [3.8, 4) is 5.75 Å². The number of nitrogens with one attached hydrogen (secondary N) is 2. The fraction of sp³-hybridized carbons (Fsp3) is 0.529. The summed E-state index contributed by atoms with van der Waals surface area (Å²) in [4.78, 5) is 25.1. The first-order valence-corrected chi connectivity index (χ1v) is 8.39. The van der Waals surface area contributed by atoms with Crippen LogP contribution in [-0.4, -0.2) is 50.1 Å². The van der Waals surface area contributed by atoms with Gasteiger partial charge in [-0.1, -0.05) is 25.4 Å². The van der Waals surface area contributed by atoms with Gasteiger partial charge in [0.05, 0.1) is 6.54 Å². The van der Waals surface area contributed by atoms with Gasteiger partial charge in [-0.3, -0.25) is 15.0 Å². The van der Waals surface area contributed by atoms with E-state index in [9.17, 15) is 9.59 Å². The first-order chi connectivity index (χ1) is 11.4. The number of hydrogen-bond donors (Lipinski definition) is 2. The molecule has 6 nitrogen and oxygen atoms in total. The minimum Gasteiger partial charge on any atom is -0.492 e. The van der Waals surface area contributed by atoms with Crippen molar-refractivity contribution in [2.45, 2.75) is 20.3 Å². The Morgan fingerprint density at radius 1 is 1.25 bits per heavy atom. The van der Waals surface area contributed by atoms with Crippen molar-refractivity contribution < 1.29 is 14.3 Å². The predicted molar refractivity (Wildman–Crippen MR) is 95.4 cm³/mol. The van der Waals surface area contributed by atoms with Gasteiger partial charge in [0.25, 0.3) is 0 Å². The summed E-state index contributed by atoms with van der Waals surface area (Å²) in [5.41, 5.74) is 0. The van der Waals surface area contributed by atoms with Crippen molar-refractivity contribution in [2.24, 2.45) is 5.92 Å². The topological polar surface area (TPSA) is 70.7 Å². The molecule has 0 fully saturated rings. The van der Waals surface area contributed by atoms with Crippen LogP contribution in [0.3, 0.4) is 0 Å². The summed E-state index contributed by atoms with van der Waals surface area (Å²) in [7, 11) is 1.79. The molecule has 134 valence electrons. The number of ether oxygens (including phenoxy) is 1. The SMILES string of the molecule is CC(C)CCNC(=O)NC(=O)CN(C)CCOc1ccc(Cl)cc1. The Bertz CT molecular complexity index is 520. The van der Waals surface area contributed by atoms with Crippen LogP contribution in [0.15, 0.2) is 24.3 Å². The lowest BCUT2D eigenvalue weighted by Crippen LogP contribution is -2.44. The zero-order chi connectivity index (χ0) is 17.9. The highest BCUT2D eigenvalue weighted by atomic mass is 35.5. The maximum atomic E-state index is 11.8. The highest BCUT2D eigenvalue weighted by Crippen LogP contribution is 2.15. The molecule has 1 rings (SSSR count). The molecule has 0 spiro atoms. The molecule has 0 aliphatic rings. The van der Waals surface area contributed by atoms with Crippen LogP contribution in [0.1, 0.15) is 20.3 Å². The fourth-order valence-electron chi connectivity index (χ4n) is 1.86. The van der Waals surface area contributed by atoms with Crippen molar-refractivity contribution in [3.05, 3.63) is 29.3 Å². The van der Waals surface area contributed by atoms with Crippen LogP contribution in [0.4, 0.5) is 4.79 Å². The Labute approximate surface area is 148 Å². The van der Waals surface area contributed by atoms with E-state index in [0.717, 1.165) is 12.2 Å². The van der Waals surface area contributed by atoms with Gasteiger partial charge in [0.2, 0.25) is 5.91 Å². The molecule has 0 atom stereocenters. The van der Waals surface area contributed by atoms with Gasteiger partial charge < -0.3 is 10.1 Å². The minimum absolute atomic E-state index is 0.127. The van der Waals surface area contributed by atoms with Crippen molar-refractivity contribution in [1.29, 1.82) is 0 Å². The highest BCUT2D eigenvalue weighted by molar-refractivity contribution is 6.30. The molecule has 0 aromatic heterocycles. The molecule has 2 N–H and O–H groups in total. The standard InChI is InChI=1S/C17H26ClN3O3/c1-13(2)8-9-19-17(23)20-16(22)12-21(3)10-11-24-15-6-4-14(18)5-7-15/h4-7,13H,8-12H2,1-3H3,(H2,19,20,22,23). The first kappa shape index (κ1) is 20.3. The summed E-state index contributed by atoms with van der Waals surface area (Å²) in [5, 5.41) is 5.63. The molecule has 3 amide bonds. The number of imide groups is 1. The molecule has 0 saturated carbocycles. The van der Waals surface area contributed by atoms with Gasteiger partial charge in [0.15, 0.2) is 0 Å². The Kier molecular flexibility index (Phi) is 9.19. The van der Waals surface area contributed by atoms with Crippen molar-refractivity contribution in [2.75, 3.05) is 33.3 Å². The number of halogens is 1. The molecule has 0 aliphatic carbocycles. The van der Waals surface area contributed by atoms with Gasteiger partial charge in [0.1, 0.15) is 12.4 Å². The number of rotatable bonds is 9. The van der Waals surface area contributed by atoms with Crippen molar-refractivity contribution in [1.82, 2.24) is 15.5 Å². The zero-order valence-electron chi connectivity index (χ0n) is 14.5. The molecule has 0 heterocycles. The minimum atomic E-state index is -0.452. The van der Waals surface area contributed by atoms with E-state index in [2.05, 4.69) is 24.5 Å². The van der Waals surface area contributed by atoms with Crippen LogP contribution < -0.4 is 15.4 Å². The molecule has 0 aliphatic heterocycles. The number of hydrogen-bond acceptors (Lipinski definition) is 4. The van der Waals surface area contributed by atoms with Crippen LogP contribution in [-0.2, 0) is 4.79 Å². The average Bonchev–Trinajstić information content (AvgIpc) is 2.48. The van der Waals surface area contributed by atoms with Gasteiger partial charge in [-0.2, -0.15) is 0 Å².